The number of aryl methyl sites for hydroxylation is 2. The number of nitrogens with zero attached hydrogens (tertiary/aromatic N) is 2. The van der Waals surface area contributed by atoms with Crippen LogP contribution >= 0.6 is 11.6 Å². The molecule has 1 fully saturated rings. The molecule has 1 spiro atoms. The van der Waals surface area contributed by atoms with Crippen LogP contribution in [0.3, 0.4) is 0 Å². The van der Waals surface area contributed by atoms with Gasteiger partial charge in [0.05, 0.1) is 19.8 Å². The van der Waals surface area contributed by atoms with Crippen molar-refractivity contribution in [3.63, 3.8) is 0 Å². The molecule has 2 aliphatic heterocycles. The summed E-state index contributed by atoms with van der Waals surface area (Å²) in [5.74, 6) is -0.254. The summed E-state index contributed by atoms with van der Waals surface area (Å²) in [5, 5.41) is 14.8. The number of hydroxylamine groups is 4. The fourth-order valence-electron chi connectivity index (χ4n) is 3.76. The van der Waals surface area contributed by atoms with E-state index >= 15 is 0 Å². The Balaban J connectivity index is 2.10. The Bertz CT molecular complexity index is 739. The topological polar surface area (TPSA) is 62.2 Å². The first kappa shape index (κ1) is 18.2. The van der Waals surface area contributed by atoms with Crippen LogP contribution in [0.25, 0.3) is 5.57 Å². The van der Waals surface area contributed by atoms with Gasteiger partial charge in [0, 0.05) is 18.1 Å². The van der Waals surface area contributed by atoms with E-state index in [9.17, 15) is 9.90 Å². The number of aliphatic hydroxyl groups is 1. The lowest BCUT2D eigenvalue weighted by molar-refractivity contribution is -0.221. The molecule has 0 aromatic heterocycles. The second-order valence-electron chi connectivity index (χ2n) is 6.57. The fourth-order valence-corrected chi connectivity index (χ4v) is 3.97. The van der Waals surface area contributed by atoms with E-state index in [0.717, 1.165) is 11.1 Å². The highest BCUT2D eigenvalue weighted by molar-refractivity contribution is 6.31. The van der Waals surface area contributed by atoms with Crippen molar-refractivity contribution in [3.05, 3.63) is 39.6 Å². The van der Waals surface area contributed by atoms with E-state index in [-0.39, 0.29) is 11.7 Å². The number of aliphatic hydroxyl groups excluding tert-OH is 1. The third kappa shape index (κ3) is 2.73. The highest BCUT2D eigenvalue weighted by atomic mass is 35.5. The molecule has 2 aliphatic rings. The molecule has 0 saturated carbocycles. The second-order valence-corrected chi connectivity index (χ2v) is 6.97. The average Bonchev–Trinajstić information content (AvgIpc) is 2.79. The second kappa shape index (κ2) is 6.61. The molecule has 1 saturated heterocycles. The van der Waals surface area contributed by atoms with Crippen molar-refractivity contribution in [2.45, 2.75) is 32.2 Å². The summed E-state index contributed by atoms with van der Waals surface area (Å²) in [4.78, 5) is 23.7. The molecule has 0 unspecified atom stereocenters. The first-order chi connectivity index (χ1) is 11.9. The van der Waals surface area contributed by atoms with Crippen LogP contribution in [0.15, 0.2) is 17.9 Å². The largest absolute Gasteiger partial charge is 0.509 e. The van der Waals surface area contributed by atoms with Crippen molar-refractivity contribution in [2.24, 2.45) is 0 Å². The molecule has 136 valence electrons. The van der Waals surface area contributed by atoms with Gasteiger partial charge in [0.25, 0.3) is 5.91 Å². The molecule has 6 nitrogen and oxygen atoms in total. The van der Waals surface area contributed by atoms with Gasteiger partial charge in [-0.05, 0) is 55.5 Å². The zero-order chi connectivity index (χ0) is 18.4. The number of halogens is 1. The summed E-state index contributed by atoms with van der Waals surface area (Å²) in [6, 6.07) is 3.66. The van der Waals surface area contributed by atoms with Crippen LogP contribution in [0.4, 0.5) is 0 Å². The molecular formula is C18H23ClN2O4. The first-order valence-electron chi connectivity index (χ1n) is 8.24. The Morgan fingerprint density at radius 2 is 1.76 bits per heavy atom. The molecule has 0 radical (unpaired) electrons. The number of piperidine rings is 1. The summed E-state index contributed by atoms with van der Waals surface area (Å²) in [7, 11) is 3.07. The van der Waals surface area contributed by atoms with Crippen LogP contribution in [0, 0.1) is 13.8 Å². The Morgan fingerprint density at radius 1 is 1.12 bits per heavy atom. The lowest BCUT2D eigenvalue weighted by Crippen LogP contribution is -2.54. The zero-order valence-corrected chi connectivity index (χ0v) is 15.7. The highest BCUT2D eigenvalue weighted by Crippen LogP contribution is 2.46. The lowest BCUT2D eigenvalue weighted by Gasteiger charge is -2.42. The first-order valence-corrected chi connectivity index (χ1v) is 8.62. The highest BCUT2D eigenvalue weighted by Gasteiger charge is 2.55. The normalized spacial score (nSPS) is 20.8. The van der Waals surface area contributed by atoms with Gasteiger partial charge in [-0.15, -0.1) is 0 Å². The number of rotatable bonds is 3. The number of hydrogen-bond donors (Lipinski definition) is 1. The van der Waals surface area contributed by atoms with Gasteiger partial charge in [-0.3, -0.25) is 9.63 Å². The van der Waals surface area contributed by atoms with Crippen LogP contribution in [0.2, 0.25) is 5.02 Å². The van der Waals surface area contributed by atoms with Crippen molar-refractivity contribution in [1.29, 1.82) is 0 Å². The van der Waals surface area contributed by atoms with E-state index in [4.69, 9.17) is 21.3 Å². The zero-order valence-electron chi connectivity index (χ0n) is 14.9. The van der Waals surface area contributed by atoms with Crippen molar-refractivity contribution in [1.82, 2.24) is 10.1 Å². The Kier molecular flexibility index (Phi) is 4.81. The van der Waals surface area contributed by atoms with E-state index < -0.39 is 5.54 Å². The van der Waals surface area contributed by atoms with E-state index in [2.05, 4.69) is 0 Å². The van der Waals surface area contributed by atoms with Gasteiger partial charge >= 0.3 is 0 Å². The predicted molar refractivity (Wildman–Crippen MR) is 94.9 cm³/mol. The third-order valence-corrected chi connectivity index (χ3v) is 5.64. The van der Waals surface area contributed by atoms with Crippen molar-refractivity contribution >= 4 is 23.1 Å². The summed E-state index contributed by atoms with van der Waals surface area (Å²) < 4.78 is 0. The number of carbonyl (C=O) groups is 1. The number of benzene rings is 1. The van der Waals surface area contributed by atoms with Gasteiger partial charge in [-0.2, -0.15) is 5.06 Å². The van der Waals surface area contributed by atoms with Crippen molar-refractivity contribution in [3.8, 4) is 0 Å². The number of hydrogen-bond acceptors (Lipinski definition) is 5. The number of carbonyl (C=O) groups excluding carboxylic acids is 1. The van der Waals surface area contributed by atoms with Gasteiger partial charge in [0.1, 0.15) is 11.3 Å². The molecule has 0 aliphatic carbocycles. The van der Waals surface area contributed by atoms with Crippen LogP contribution < -0.4 is 0 Å². The lowest BCUT2D eigenvalue weighted by atomic mass is 9.85. The standard InChI is InChI=1S/C18H23ClN2O4/c1-11-10-14(19)12(2)9-13(11)15-16(22)18(21(25-4)17(15)23)5-7-20(24-3)8-6-18/h9-10,22H,5-8H2,1-4H3. The molecule has 25 heavy (non-hydrogen) atoms. The van der Waals surface area contributed by atoms with Crippen LogP contribution in [-0.4, -0.2) is 54.0 Å². The Morgan fingerprint density at radius 3 is 2.32 bits per heavy atom. The molecule has 7 heteroatoms. The van der Waals surface area contributed by atoms with E-state index in [0.29, 0.717) is 42.1 Å². The van der Waals surface area contributed by atoms with E-state index in [1.807, 2.05) is 31.0 Å². The van der Waals surface area contributed by atoms with Crippen LogP contribution in [0.1, 0.15) is 29.5 Å². The van der Waals surface area contributed by atoms with Gasteiger partial charge in [-0.1, -0.05) is 11.6 Å². The van der Waals surface area contributed by atoms with Crippen LogP contribution in [-0.2, 0) is 14.5 Å². The Hall–Kier alpha value is -1.60. The van der Waals surface area contributed by atoms with Crippen molar-refractivity contribution < 1.29 is 19.6 Å². The van der Waals surface area contributed by atoms with Gasteiger partial charge in [-0.25, -0.2) is 5.06 Å². The summed E-state index contributed by atoms with van der Waals surface area (Å²) >= 11 is 6.18. The average molecular weight is 367 g/mol. The molecular weight excluding hydrogens is 344 g/mol. The van der Waals surface area contributed by atoms with Crippen molar-refractivity contribution in [2.75, 3.05) is 27.3 Å². The maximum Gasteiger partial charge on any atom is 0.282 e. The summed E-state index contributed by atoms with van der Waals surface area (Å²) in [6.45, 7) is 4.95. The molecule has 3 rings (SSSR count). The molecule has 1 N–H and O–H groups in total. The molecule has 0 atom stereocenters. The maximum atomic E-state index is 13.0. The minimum Gasteiger partial charge on any atom is -0.509 e. The fraction of sp³-hybridized carbons (Fsp3) is 0.500. The molecule has 1 aromatic rings. The molecule has 1 amide bonds. The van der Waals surface area contributed by atoms with E-state index in [1.165, 1.54) is 12.2 Å². The monoisotopic (exact) mass is 366 g/mol. The number of amides is 1. The molecule has 1 aromatic carbocycles. The minimum atomic E-state index is -0.851. The quantitative estimate of drug-likeness (QED) is 0.890. The molecule has 0 bridgehead atoms. The van der Waals surface area contributed by atoms with Crippen LogP contribution in [0.5, 0.6) is 0 Å². The van der Waals surface area contributed by atoms with Gasteiger partial charge in [0.2, 0.25) is 0 Å². The maximum absolute atomic E-state index is 13.0. The Labute approximate surface area is 152 Å². The molecule has 2 heterocycles. The van der Waals surface area contributed by atoms with Gasteiger partial charge in [0.15, 0.2) is 0 Å². The van der Waals surface area contributed by atoms with Gasteiger partial charge < -0.3 is 9.94 Å². The SMILES string of the molecule is CON1CCC2(CC1)C(O)=C(c1cc(C)c(Cl)cc1C)C(=O)N2OC. The summed E-state index contributed by atoms with van der Waals surface area (Å²) in [6.07, 6.45) is 1.06. The third-order valence-electron chi connectivity index (χ3n) is 5.23. The smallest absolute Gasteiger partial charge is 0.282 e. The minimum absolute atomic E-state index is 0.0694. The summed E-state index contributed by atoms with van der Waals surface area (Å²) in [5.41, 5.74) is 1.83. The van der Waals surface area contributed by atoms with E-state index in [1.54, 1.807) is 7.11 Å². The predicted octanol–water partition coefficient (Wildman–Crippen LogP) is 3.03.